The van der Waals surface area contributed by atoms with Crippen molar-refractivity contribution in [1.82, 2.24) is 9.97 Å². The molecule has 0 unspecified atom stereocenters. The second-order valence-corrected chi connectivity index (χ2v) is 6.41. The van der Waals surface area contributed by atoms with Gasteiger partial charge < -0.3 is 14.5 Å². The molecule has 2 heterocycles. The number of aryl methyl sites for hydroxylation is 2. The standard InChI is InChI=1S/C20H17N3O4/c1-10-12-7-8-16(24)11(2)18(12)27-19(26)13(10)9-17(25)23-20-21-14-5-3-4-6-15(14)22-20/h3-8,24H,9H2,1-2H3,(H2,21,22,23,25). The monoisotopic (exact) mass is 363 g/mol. The lowest BCUT2D eigenvalue weighted by Gasteiger charge is -2.10. The van der Waals surface area contributed by atoms with Gasteiger partial charge in [-0.2, -0.15) is 0 Å². The summed E-state index contributed by atoms with van der Waals surface area (Å²) in [6.45, 7) is 3.44. The van der Waals surface area contributed by atoms with Gasteiger partial charge in [0.1, 0.15) is 11.3 Å². The molecule has 0 atom stereocenters. The van der Waals surface area contributed by atoms with Gasteiger partial charge in [-0.25, -0.2) is 9.78 Å². The van der Waals surface area contributed by atoms with Gasteiger partial charge in [-0.15, -0.1) is 0 Å². The highest BCUT2D eigenvalue weighted by Gasteiger charge is 2.17. The molecular weight excluding hydrogens is 346 g/mol. The number of para-hydroxylation sites is 2. The van der Waals surface area contributed by atoms with Crippen LogP contribution in [0, 0.1) is 13.8 Å². The molecule has 1 amide bonds. The van der Waals surface area contributed by atoms with Crippen molar-refractivity contribution in [3.63, 3.8) is 0 Å². The lowest BCUT2D eigenvalue weighted by molar-refractivity contribution is -0.115. The Morgan fingerprint density at radius 2 is 1.96 bits per heavy atom. The molecule has 0 saturated carbocycles. The lowest BCUT2D eigenvalue weighted by atomic mass is 10.0. The number of carbonyl (C=O) groups excluding carboxylic acids is 1. The average Bonchev–Trinajstić information content (AvgIpc) is 3.04. The zero-order chi connectivity index (χ0) is 19.1. The summed E-state index contributed by atoms with van der Waals surface area (Å²) < 4.78 is 5.37. The van der Waals surface area contributed by atoms with Crippen molar-refractivity contribution in [2.24, 2.45) is 0 Å². The van der Waals surface area contributed by atoms with Gasteiger partial charge in [0.25, 0.3) is 0 Å². The fourth-order valence-corrected chi connectivity index (χ4v) is 3.13. The van der Waals surface area contributed by atoms with Gasteiger partial charge in [0.2, 0.25) is 11.9 Å². The summed E-state index contributed by atoms with van der Waals surface area (Å²) in [7, 11) is 0. The Balaban J connectivity index is 1.65. The number of amides is 1. The van der Waals surface area contributed by atoms with E-state index in [1.807, 2.05) is 24.3 Å². The van der Waals surface area contributed by atoms with Crippen LogP contribution in [-0.4, -0.2) is 21.0 Å². The number of benzene rings is 2. The molecule has 0 fully saturated rings. The van der Waals surface area contributed by atoms with E-state index in [2.05, 4.69) is 15.3 Å². The van der Waals surface area contributed by atoms with Gasteiger partial charge in [-0.3, -0.25) is 10.1 Å². The van der Waals surface area contributed by atoms with Gasteiger partial charge in [-0.05, 0) is 43.7 Å². The number of phenols is 1. The second kappa shape index (κ2) is 6.28. The number of anilines is 1. The molecule has 4 rings (SSSR count). The molecule has 0 spiro atoms. The Labute approximate surface area is 153 Å². The second-order valence-electron chi connectivity index (χ2n) is 6.41. The summed E-state index contributed by atoms with van der Waals surface area (Å²) in [5, 5.41) is 13.2. The van der Waals surface area contributed by atoms with E-state index in [-0.39, 0.29) is 23.6 Å². The van der Waals surface area contributed by atoms with E-state index in [0.717, 1.165) is 11.0 Å². The van der Waals surface area contributed by atoms with Crippen molar-refractivity contribution < 1.29 is 14.3 Å². The van der Waals surface area contributed by atoms with Crippen molar-refractivity contribution in [2.45, 2.75) is 20.3 Å². The van der Waals surface area contributed by atoms with Gasteiger partial charge >= 0.3 is 5.63 Å². The van der Waals surface area contributed by atoms with Crippen LogP contribution in [0.25, 0.3) is 22.0 Å². The lowest BCUT2D eigenvalue weighted by Crippen LogP contribution is -2.21. The molecule has 2 aromatic carbocycles. The van der Waals surface area contributed by atoms with Crippen molar-refractivity contribution in [1.29, 1.82) is 0 Å². The number of imidazole rings is 1. The molecular formula is C20H17N3O4. The maximum Gasteiger partial charge on any atom is 0.340 e. The zero-order valence-electron chi connectivity index (χ0n) is 14.8. The predicted octanol–water partition coefficient (Wildman–Crippen LogP) is 3.17. The molecule has 0 saturated heterocycles. The first-order valence-electron chi connectivity index (χ1n) is 8.43. The Morgan fingerprint density at radius 3 is 2.74 bits per heavy atom. The Morgan fingerprint density at radius 1 is 1.19 bits per heavy atom. The Kier molecular flexibility index (Phi) is 3.92. The summed E-state index contributed by atoms with van der Waals surface area (Å²) in [6, 6.07) is 10.6. The number of fused-ring (bicyclic) bond motifs is 2. The minimum Gasteiger partial charge on any atom is -0.508 e. The number of carbonyl (C=O) groups is 1. The fourth-order valence-electron chi connectivity index (χ4n) is 3.13. The third-order valence-corrected chi connectivity index (χ3v) is 4.66. The first-order valence-corrected chi connectivity index (χ1v) is 8.43. The first-order chi connectivity index (χ1) is 12.9. The predicted molar refractivity (Wildman–Crippen MR) is 102 cm³/mol. The normalized spacial score (nSPS) is 11.2. The van der Waals surface area contributed by atoms with Crippen molar-refractivity contribution in [2.75, 3.05) is 5.32 Å². The maximum absolute atomic E-state index is 12.4. The minimum atomic E-state index is -0.589. The van der Waals surface area contributed by atoms with Crippen molar-refractivity contribution in [3.8, 4) is 5.75 Å². The molecule has 2 aromatic heterocycles. The number of aromatic nitrogens is 2. The number of phenolic OH excluding ortho intramolecular Hbond substituents is 1. The van der Waals surface area contributed by atoms with Crippen LogP contribution in [0.2, 0.25) is 0 Å². The Bertz CT molecular complexity index is 1220. The Hall–Kier alpha value is -3.61. The van der Waals surface area contributed by atoms with E-state index >= 15 is 0 Å². The number of nitrogens with one attached hydrogen (secondary N) is 2. The largest absolute Gasteiger partial charge is 0.508 e. The third-order valence-electron chi connectivity index (χ3n) is 4.66. The van der Waals surface area contributed by atoms with Crippen LogP contribution in [-0.2, 0) is 11.2 Å². The molecule has 4 aromatic rings. The van der Waals surface area contributed by atoms with E-state index in [9.17, 15) is 14.7 Å². The summed E-state index contributed by atoms with van der Waals surface area (Å²) >= 11 is 0. The van der Waals surface area contributed by atoms with Gasteiger partial charge in [0, 0.05) is 10.9 Å². The molecule has 0 aliphatic carbocycles. The van der Waals surface area contributed by atoms with Gasteiger partial charge in [-0.1, -0.05) is 12.1 Å². The first kappa shape index (κ1) is 16.8. The molecule has 0 radical (unpaired) electrons. The van der Waals surface area contributed by atoms with E-state index in [1.54, 1.807) is 26.0 Å². The highest BCUT2D eigenvalue weighted by Crippen LogP contribution is 2.28. The number of H-pyrrole nitrogens is 1. The number of rotatable bonds is 3. The molecule has 0 aliphatic heterocycles. The SMILES string of the molecule is Cc1c(CC(=O)Nc2nc3ccccc3[nH]2)c(=O)oc2c(C)c(O)ccc12. The number of aromatic amines is 1. The smallest absolute Gasteiger partial charge is 0.340 e. The van der Waals surface area contributed by atoms with Crippen LogP contribution in [0.3, 0.4) is 0 Å². The number of nitrogens with zero attached hydrogens (tertiary/aromatic N) is 1. The molecule has 136 valence electrons. The zero-order valence-corrected chi connectivity index (χ0v) is 14.8. The quantitative estimate of drug-likeness (QED) is 0.485. The fraction of sp³-hybridized carbons (Fsp3) is 0.150. The van der Waals surface area contributed by atoms with E-state index in [4.69, 9.17) is 4.42 Å². The molecule has 7 nitrogen and oxygen atoms in total. The molecule has 7 heteroatoms. The van der Waals surface area contributed by atoms with Crippen LogP contribution < -0.4 is 10.9 Å². The summed E-state index contributed by atoms with van der Waals surface area (Å²) in [6.07, 6.45) is -0.138. The van der Waals surface area contributed by atoms with Crippen LogP contribution >= 0.6 is 0 Å². The van der Waals surface area contributed by atoms with Crippen LogP contribution in [0.1, 0.15) is 16.7 Å². The van der Waals surface area contributed by atoms with Crippen LogP contribution in [0.15, 0.2) is 45.6 Å². The number of aromatic hydroxyl groups is 1. The van der Waals surface area contributed by atoms with Gasteiger partial charge in [0.05, 0.1) is 23.0 Å². The topological polar surface area (TPSA) is 108 Å². The minimum absolute atomic E-state index is 0.0560. The summed E-state index contributed by atoms with van der Waals surface area (Å²) in [4.78, 5) is 32.1. The highest BCUT2D eigenvalue weighted by atomic mass is 16.4. The highest BCUT2D eigenvalue weighted by molar-refractivity contribution is 5.94. The molecule has 0 aliphatic rings. The number of hydrogen-bond donors (Lipinski definition) is 3. The number of hydrogen-bond acceptors (Lipinski definition) is 5. The van der Waals surface area contributed by atoms with E-state index in [0.29, 0.717) is 28.0 Å². The van der Waals surface area contributed by atoms with Crippen LogP contribution in [0.5, 0.6) is 5.75 Å². The van der Waals surface area contributed by atoms with Crippen molar-refractivity contribution in [3.05, 3.63) is 63.5 Å². The molecule has 27 heavy (non-hydrogen) atoms. The van der Waals surface area contributed by atoms with Crippen LogP contribution in [0.4, 0.5) is 5.95 Å². The molecule has 3 N–H and O–H groups in total. The molecule has 0 bridgehead atoms. The van der Waals surface area contributed by atoms with E-state index in [1.165, 1.54) is 0 Å². The average molecular weight is 363 g/mol. The van der Waals surface area contributed by atoms with Gasteiger partial charge in [0.15, 0.2) is 0 Å². The third kappa shape index (κ3) is 2.93. The summed E-state index contributed by atoms with van der Waals surface area (Å²) in [5.74, 6) is 0.00420. The van der Waals surface area contributed by atoms with Crippen molar-refractivity contribution >= 4 is 33.9 Å². The maximum atomic E-state index is 12.4. The van der Waals surface area contributed by atoms with E-state index < -0.39 is 5.63 Å². The summed E-state index contributed by atoms with van der Waals surface area (Å²) in [5.41, 5.74) is 2.72.